The van der Waals surface area contributed by atoms with Crippen molar-refractivity contribution < 1.29 is 9.53 Å². The second-order valence-electron chi connectivity index (χ2n) is 2.99. The number of esters is 1. The van der Waals surface area contributed by atoms with Crippen LogP contribution in [0.1, 0.15) is 20.3 Å². The first-order valence-corrected chi connectivity index (χ1v) is 3.00. The van der Waals surface area contributed by atoms with Crippen LogP contribution in [0.2, 0.25) is 0 Å². The van der Waals surface area contributed by atoms with Gasteiger partial charge >= 0.3 is 5.97 Å². The summed E-state index contributed by atoms with van der Waals surface area (Å²) in [5.41, 5.74) is 5.04. The van der Waals surface area contributed by atoms with Gasteiger partial charge in [0.1, 0.15) is 11.6 Å². The van der Waals surface area contributed by atoms with Crippen molar-refractivity contribution in [2.24, 2.45) is 5.73 Å². The van der Waals surface area contributed by atoms with E-state index in [0.717, 1.165) is 0 Å². The lowest BCUT2D eigenvalue weighted by molar-refractivity contribution is -0.146. The fourth-order valence-corrected chi connectivity index (χ4v) is 1.00. The molecular formula is C6H12ClNO2. The highest BCUT2D eigenvalue weighted by Gasteiger charge is 2.37. The van der Waals surface area contributed by atoms with Gasteiger partial charge in [-0.2, -0.15) is 0 Å². The van der Waals surface area contributed by atoms with E-state index in [0.29, 0.717) is 6.42 Å². The van der Waals surface area contributed by atoms with Crippen molar-refractivity contribution in [3.63, 3.8) is 0 Å². The Labute approximate surface area is 66.3 Å². The summed E-state index contributed by atoms with van der Waals surface area (Å²) in [6, 6.07) is -0.403. The van der Waals surface area contributed by atoms with Crippen molar-refractivity contribution in [3.8, 4) is 0 Å². The molecule has 0 saturated carbocycles. The van der Waals surface area contributed by atoms with Gasteiger partial charge in [-0.05, 0) is 13.8 Å². The molecule has 1 aliphatic rings. The van der Waals surface area contributed by atoms with Crippen LogP contribution in [0.15, 0.2) is 0 Å². The monoisotopic (exact) mass is 165 g/mol. The minimum Gasteiger partial charge on any atom is -0.458 e. The Balaban J connectivity index is 0.000000810. The predicted octanol–water partition coefficient (Wildman–Crippen LogP) is 0.461. The molecular weight excluding hydrogens is 154 g/mol. The van der Waals surface area contributed by atoms with Crippen LogP contribution in [-0.2, 0) is 9.53 Å². The largest absolute Gasteiger partial charge is 0.458 e. The average molecular weight is 166 g/mol. The number of rotatable bonds is 0. The maximum atomic E-state index is 10.6. The lowest BCUT2D eigenvalue weighted by Crippen LogP contribution is -2.25. The Hall–Kier alpha value is -0.280. The summed E-state index contributed by atoms with van der Waals surface area (Å²) in [4.78, 5) is 10.6. The van der Waals surface area contributed by atoms with E-state index in [4.69, 9.17) is 10.5 Å². The molecule has 10 heavy (non-hydrogen) atoms. The van der Waals surface area contributed by atoms with Gasteiger partial charge in [0, 0.05) is 6.42 Å². The van der Waals surface area contributed by atoms with Crippen LogP contribution in [0.4, 0.5) is 0 Å². The van der Waals surface area contributed by atoms with Crippen LogP contribution in [0.3, 0.4) is 0 Å². The zero-order valence-electron chi connectivity index (χ0n) is 6.09. The molecule has 1 fully saturated rings. The van der Waals surface area contributed by atoms with Gasteiger partial charge in [0.15, 0.2) is 0 Å². The Morgan fingerprint density at radius 3 is 2.30 bits per heavy atom. The van der Waals surface area contributed by atoms with Gasteiger partial charge in [-0.15, -0.1) is 12.4 Å². The quantitative estimate of drug-likeness (QED) is 0.531. The summed E-state index contributed by atoms with van der Waals surface area (Å²) >= 11 is 0. The topological polar surface area (TPSA) is 52.3 Å². The fourth-order valence-electron chi connectivity index (χ4n) is 1.00. The highest BCUT2D eigenvalue weighted by molar-refractivity contribution is 5.85. The molecule has 1 saturated heterocycles. The molecule has 1 aliphatic heterocycles. The maximum absolute atomic E-state index is 10.6. The molecule has 4 heteroatoms. The summed E-state index contributed by atoms with van der Waals surface area (Å²) in [5, 5.41) is 0. The summed E-state index contributed by atoms with van der Waals surface area (Å²) in [6.45, 7) is 3.72. The van der Waals surface area contributed by atoms with Gasteiger partial charge in [0.2, 0.25) is 0 Å². The average Bonchev–Trinajstić information content (AvgIpc) is 1.79. The molecule has 60 valence electrons. The number of hydrogen-bond donors (Lipinski definition) is 1. The first kappa shape index (κ1) is 9.72. The van der Waals surface area contributed by atoms with E-state index < -0.39 is 6.04 Å². The molecule has 0 radical (unpaired) electrons. The zero-order valence-corrected chi connectivity index (χ0v) is 6.90. The van der Waals surface area contributed by atoms with Crippen molar-refractivity contribution in [3.05, 3.63) is 0 Å². The summed E-state index contributed by atoms with van der Waals surface area (Å²) < 4.78 is 4.90. The third-order valence-corrected chi connectivity index (χ3v) is 1.39. The molecule has 3 nitrogen and oxygen atoms in total. The molecule has 1 heterocycles. The summed E-state index contributed by atoms with van der Waals surface area (Å²) in [7, 11) is 0. The van der Waals surface area contributed by atoms with Crippen LogP contribution >= 0.6 is 12.4 Å². The maximum Gasteiger partial charge on any atom is 0.323 e. The van der Waals surface area contributed by atoms with E-state index >= 15 is 0 Å². The standard InChI is InChI=1S/C6H11NO2.ClH/c1-6(2)3-4(7)5(8)9-6;/h4H,3,7H2,1-2H3;1H. The Kier molecular flexibility index (Phi) is 2.68. The number of halogens is 1. The van der Waals surface area contributed by atoms with Gasteiger partial charge in [0.25, 0.3) is 0 Å². The fraction of sp³-hybridized carbons (Fsp3) is 0.833. The molecule has 0 amide bonds. The first-order valence-electron chi connectivity index (χ1n) is 3.00. The minimum atomic E-state index is -0.403. The molecule has 1 rings (SSSR count). The van der Waals surface area contributed by atoms with Gasteiger partial charge in [-0.3, -0.25) is 4.79 Å². The minimum absolute atomic E-state index is 0. The number of ether oxygens (including phenoxy) is 1. The number of carbonyl (C=O) groups is 1. The Morgan fingerprint density at radius 1 is 1.70 bits per heavy atom. The van der Waals surface area contributed by atoms with E-state index in [2.05, 4.69) is 0 Å². The third-order valence-electron chi connectivity index (χ3n) is 1.39. The van der Waals surface area contributed by atoms with Crippen molar-refractivity contribution in [2.45, 2.75) is 31.9 Å². The molecule has 2 N–H and O–H groups in total. The van der Waals surface area contributed by atoms with Crippen LogP contribution in [0.25, 0.3) is 0 Å². The molecule has 0 aromatic carbocycles. The number of carbonyl (C=O) groups excluding carboxylic acids is 1. The SMILES string of the molecule is CC1(C)CC(N)C(=O)O1.Cl. The molecule has 0 spiro atoms. The normalized spacial score (nSPS) is 29.1. The second-order valence-corrected chi connectivity index (χ2v) is 2.99. The molecule has 0 aromatic rings. The predicted molar refractivity (Wildman–Crippen MR) is 40.0 cm³/mol. The van der Waals surface area contributed by atoms with Gasteiger partial charge in [0.05, 0.1) is 0 Å². The number of nitrogens with two attached hydrogens (primary N) is 1. The number of hydrogen-bond acceptors (Lipinski definition) is 3. The van der Waals surface area contributed by atoms with Gasteiger partial charge < -0.3 is 10.5 Å². The molecule has 1 unspecified atom stereocenters. The van der Waals surface area contributed by atoms with E-state index in [9.17, 15) is 4.79 Å². The summed E-state index contributed by atoms with van der Waals surface area (Å²) in [5.74, 6) is -0.278. The lowest BCUT2D eigenvalue weighted by atomic mass is 10.0. The van der Waals surface area contributed by atoms with Crippen LogP contribution < -0.4 is 5.73 Å². The molecule has 1 atom stereocenters. The Morgan fingerprint density at radius 2 is 2.20 bits per heavy atom. The highest BCUT2D eigenvalue weighted by atomic mass is 35.5. The molecule has 0 aromatic heterocycles. The van der Waals surface area contributed by atoms with Crippen LogP contribution in [0, 0.1) is 0 Å². The third kappa shape index (κ3) is 1.85. The van der Waals surface area contributed by atoms with E-state index in [1.54, 1.807) is 0 Å². The van der Waals surface area contributed by atoms with Crippen molar-refractivity contribution in [1.82, 2.24) is 0 Å². The van der Waals surface area contributed by atoms with Gasteiger partial charge in [-0.25, -0.2) is 0 Å². The summed E-state index contributed by atoms with van der Waals surface area (Å²) in [6.07, 6.45) is 0.631. The van der Waals surface area contributed by atoms with Gasteiger partial charge in [-0.1, -0.05) is 0 Å². The van der Waals surface area contributed by atoms with Crippen molar-refractivity contribution in [1.29, 1.82) is 0 Å². The van der Waals surface area contributed by atoms with E-state index in [1.807, 2.05) is 13.8 Å². The molecule has 0 bridgehead atoms. The second kappa shape index (κ2) is 2.76. The number of cyclic esters (lactones) is 1. The first-order chi connectivity index (χ1) is 4.01. The molecule has 0 aliphatic carbocycles. The van der Waals surface area contributed by atoms with Crippen LogP contribution in [-0.4, -0.2) is 17.6 Å². The van der Waals surface area contributed by atoms with E-state index in [-0.39, 0.29) is 24.0 Å². The van der Waals surface area contributed by atoms with Crippen molar-refractivity contribution in [2.75, 3.05) is 0 Å². The van der Waals surface area contributed by atoms with Crippen molar-refractivity contribution >= 4 is 18.4 Å². The Bertz CT molecular complexity index is 147. The van der Waals surface area contributed by atoms with Crippen LogP contribution in [0.5, 0.6) is 0 Å². The zero-order chi connectivity index (χ0) is 7.07. The lowest BCUT2D eigenvalue weighted by Gasteiger charge is -2.13. The van der Waals surface area contributed by atoms with E-state index in [1.165, 1.54) is 0 Å². The highest BCUT2D eigenvalue weighted by Crippen LogP contribution is 2.23. The smallest absolute Gasteiger partial charge is 0.323 e.